The molecule has 7 heteroatoms. The predicted molar refractivity (Wildman–Crippen MR) is 115 cm³/mol. The highest BCUT2D eigenvalue weighted by Crippen LogP contribution is 2.35. The van der Waals surface area contributed by atoms with E-state index in [1.165, 1.54) is 12.8 Å². The number of rotatable bonds is 3. The Morgan fingerprint density at radius 2 is 1.90 bits per heavy atom. The molecule has 4 heterocycles. The lowest BCUT2D eigenvalue weighted by atomic mass is 9.96. The number of piperidine rings is 1. The quantitative estimate of drug-likeness (QED) is 0.843. The van der Waals surface area contributed by atoms with Gasteiger partial charge in [0, 0.05) is 43.2 Å². The van der Waals surface area contributed by atoms with Crippen molar-refractivity contribution in [2.45, 2.75) is 83.8 Å². The second-order valence-electron chi connectivity index (χ2n) is 9.59. The largest absolute Gasteiger partial charge is 0.334 e. The fraction of sp³-hybridized carbons (Fsp3) is 0.696. The third kappa shape index (κ3) is 3.37. The zero-order chi connectivity index (χ0) is 20.8. The lowest BCUT2D eigenvalue weighted by molar-refractivity contribution is -0.139. The Labute approximate surface area is 177 Å². The summed E-state index contributed by atoms with van der Waals surface area (Å²) in [5.41, 5.74) is 3.40. The molecule has 1 N–H and O–H groups in total. The van der Waals surface area contributed by atoms with E-state index in [0.29, 0.717) is 17.6 Å². The minimum atomic E-state index is 0.0223. The van der Waals surface area contributed by atoms with Crippen LogP contribution < -0.4 is 5.56 Å². The van der Waals surface area contributed by atoms with Gasteiger partial charge in [-0.3, -0.25) is 19.6 Å². The Bertz CT molecular complexity index is 1000. The summed E-state index contributed by atoms with van der Waals surface area (Å²) < 4.78 is 1.60. The maximum atomic E-state index is 13.2. The van der Waals surface area contributed by atoms with Crippen molar-refractivity contribution < 1.29 is 4.79 Å². The second kappa shape index (κ2) is 7.84. The lowest BCUT2D eigenvalue weighted by Crippen LogP contribution is -2.41. The van der Waals surface area contributed by atoms with Crippen molar-refractivity contribution >= 4 is 11.6 Å². The van der Waals surface area contributed by atoms with E-state index in [9.17, 15) is 9.59 Å². The van der Waals surface area contributed by atoms with E-state index < -0.39 is 0 Å². The number of aromatic nitrogens is 3. The van der Waals surface area contributed by atoms with Gasteiger partial charge < -0.3 is 4.90 Å². The van der Waals surface area contributed by atoms with Crippen molar-refractivity contribution in [2.75, 3.05) is 13.1 Å². The highest BCUT2D eigenvalue weighted by molar-refractivity contribution is 5.79. The number of nitrogens with zero attached hydrogens (tertiary/aromatic N) is 4. The minimum Gasteiger partial charge on any atom is -0.334 e. The van der Waals surface area contributed by atoms with E-state index >= 15 is 0 Å². The highest BCUT2D eigenvalue weighted by Gasteiger charge is 2.35. The second-order valence-corrected chi connectivity index (χ2v) is 9.59. The normalized spacial score (nSPS) is 23.4. The van der Waals surface area contributed by atoms with Crippen LogP contribution in [0.3, 0.4) is 0 Å². The molecule has 0 aromatic carbocycles. The number of aromatic amines is 1. The average Bonchev–Trinajstić information content (AvgIpc) is 3.43. The molecular weight excluding hydrogens is 378 g/mol. The van der Waals surface area contributed by atoms with Gasteiger partial charge in [-0.2, -0.15) is 0 Å². The minimum absolute atomic E-state index is 0.0223. The van der Waals surface area contributed by atoms with Crippen molar-refractivity contribution in [3.05, 3.63) is 33.4 Å². The monoisotopic (exact) mass is 411 g/mol. The Balaban J connectivity index is 1.49. The van der Waals surface area contributed by atoms with Gasteiger partial charge in [0.05, 0.1) is 17.4 Å². The number of H-pyrrole nitrogens is 1. The van der Waals surface area contributed by atoms with Crippen LogP contribution in [0.5, 0.6) is 0 Å². The highest BCUT2D eigenvalue weighted by atomic mass is 16.2. The number of fused-ring (bicyclic) bond motifs is 2. The molecule has 1 saturated heterocycles. The van der Waals surface area contributed by atoms with E-state index in [-0.39, 0.29) is 17.5 Å². The number of carbonyl (C=O) groups is 1. The number of carbonyl (C=O) groups excluding carboxylic acids is 1. The molecule has 1 unspecified atom stereocenters. The molecule has 162 valence electrons. The molecule has 1 aliphatic carbocycles. The number of nitrogens with one attached hydrogen (secondary N) is 1. The number of hydrogen-bond donors (Lipinski definition) is 1. The third-order valence-electron chi connectivity index (χ3n) is 7.40. The summed E-state index contributed by atoms with van der Waals surface area (Å²) in [4.78, 5) is 35.7. The average molecular weight is 412 g/mol. The van der Waals surface area contributed by atoms with Gasteiger partial charge in [-0.1, -0.05) is 12.8 Å². The van der Waals surface area contributed by atoms with Crippen molar-refractivity contribution in [1.29, 1.82) is 0 Å². The number of likely N-dealkylation sites (tertiary alicyclic amines) is 1. The molecule has 0 bridgehead atoms. The van der Waals surface area contributed by atoms with E-state index in [0.717, 1.165) is 75.1 Å². The van der Waals surface area contributed by atoms with Gasteiger partial charge in [0.25, 0.3) is 5.56 Å². The van der Waals surface area contributed by atoms with Crippen LogP contribution in [0.1, 0.15) is 81.8 Å². The zero-order valence-electron chi connectivity index (χ0n) is 18.2. The molecule has 2 aromatic heterocycles. The molecule has 2 aliphatic heterocycles. The van der Waals surface area contributed by atoms with Crippen LogP contribution in [0.15, 0.2) is 10.9 Å². The Morgan fingerprint density at radius 3 is 2.67 bits per heavy atom. The first-order valence-electron chi connectivity index (χ1n) is 11.7. The summed E-state index contributed by atoms with van der Waals surface area (Å²) >= 11 is 0. The Hall–Kier alpha value is -2.15. The summed E-state index contributed by atoms with van der Waals surface area (Å²) in [6, 6.07) is 2.47. The van der Waals surface area contributed by atoms with Gasteiger partial charge in [-0.15, -0.1) is 0 Å². The molecule has 30 heavy (non-hydrogen) atoms. The molecule has 2 aromatic rings. The maximum absolute atomic E-state index is 13.2. The summed E-state index contributed by atoms with van der Waals surface area (Å²) in [5, 5.41) is 3.33. The summed E-state index contributed by atoms with van der Waals surface area (Å²) in [6.45, 7) is 6.81. The molecule has 7 nitrogen and oxygen atoms in total. The van der Waals surface area contributed by atoms with Crippen molar-refractivity contribution in [3.63, 3.8) is 0 Å². The maximum Gasteiger partial charge on any atom is 0.276 e. The molecule has 0 spiro atoms. The molecule has 5 rings (SSSR count). The molecule has 1 amide bonds. The van der Waals surface area contributed by atoms with Gasteiger partial charge >= 0.3 is 0 Å². The van der Waals surface area contributed by atoms with Gasteiger partial charge in [0.1, 0.15) is 0 Å². The Morgan fingerprint density at radius 1 is 1.13 bits per heavy atom. The van der Waals surface area contributed by atoms with Crippen LogP contribution in [0, 0.1) is 5.92 Å². The van der Waals surface area contributed by atoms with Gasteiger partial charge in [0.2, 0.25) is 5.91 Å². The van der Waals surface area contributed by atoms with E-state index in [1.54, 1.807) is 4.52 Å². The van der Waals surface area contributed by atoms with Crippen LogP contribution in [0.25, 0.3) is 5.65 Å². The predicted octanol–water partition coefficient (Wildman–Crippen LogP) is 3.03. The summed E-state index contributed by atoms with van der Waals surface area (Å²) in [7, 11) is 0. The fourth-order valence-electron chi connectivity index (χ4n) is 5.57. The topological polar surface area (TPSA) is 73.7 Å². The summed E-state index contributed by atoms with van der Waals surface area (Å²) in [6.07, 6.45) is 8.24. The van der Waals surface area contributed by atoms with Crippen LogP contribution in [-0.4, -0.2) is 49.4 Å². The van der Waals surface area contributed by atoms with Crippen LogP contribution in [0.2, 0.25) is 0 Å². The smallest absolute Gasteiger partial charge is 0.276 e. The van der Waals surface area contributed by atoms with Crippen LogP contribution in [0.4, 0.5) is 0 Å². The lowest BCUT2D eigenvalue weighted by Gasteiger charge is -2.36. The van der Waals surface area contributed by atoms with E-state index in [1.807, 2.05) is 6.07 Å². The van der Waals surface area contributed by atoms with Crippen molar-refractivity contribution in [1.82, 2.24) is 24.4 Å². The molecule has 2 fully saturated rings. The SMILES string of the molecule is CC(C)N1CCc2c(nc3cc(C4CCCCN4C(=O)C4CCCC4)[nH]n3c2=O)C1. The van der Waals surface area contributed by atoms with Crippen LogP contribution in [-0.2, 0) is 17.8 Å². The fourth-order valence-corrected chi connectivity index (χ4v) is 5.57. The van der Waals surface area contributed by atoms with E-state index in [2.05, 4.69) is 28.7 Å². The number of amides is 1. The van der Waals surface area contributed by atoms with Crippen LogP contribution >= 0.6 is 0 Å². The Kier molecular flexibility index (Phi) is 5.17. The van der Waals surface area contributed by atoms with Crippen molar-refractivity contribution in [2.24, 2.45) is 5.92 Å². The first-order chi connectivity index (χ1) is 14.5. The molecule has 1 atom stereocenters. The first-order valence-corrected chi connectivity index (χ1v) is 11.7. The van der Waals surface area contributed by atoms with Gasteiger partial charge in [0.15, 0.2) is 5.65 Å². The van der Waals surface area contributed by atoms with E-state index in [4.69, 9.17) is 4.98 Å². The summed E-state index contributed by atoms with van der Waals surface area (Å²) in [5.74, 6) is 0.494. The standard InChI is InChI=1S/C23H33N5O2/c1-15(2)26-12-10-17-19(14-26)24-21-13-18(25-28(21)23(17)30)20-9-5-6-11-27(20)22(29)16-7-3-4-8-16/h13,15-16,20,25H,3-12,14H2,1-2H3. The number of hydrogen-bond acceptors (Lipinski definition) is 4. The van der Waals surface area contributed by atoms with Gasteiger partial charge in [-0.25, -0.2) is 9.50 Å². The molecule has 0 radical (unpaired) electrons. The molecule has 1 saturated carbocycles. The molecule has 3 aliphatic rings. The van der Waals surface area contributed by atoms with Crippen molar-refractivity contribution in [3.8, 4) is 0 Å². The first kappa shape index (κ1) is 19.8. The molecular formula is C23H33N5O2. The third-order valence-corrected chi connectivity index (χ3v) is 7.40. The zero-order valence-corrected chi connectivity index (χ0v) is 18.2. The van der Waals surface area contributed by atoms with Gasteiger partial charge in [-0.05, 0) is 52.4 Å².